The first-order chi connectivity index (χ1) is 19.2. The quantitative estimate of drug-likeness (QED) is 0.203. The Labute approximate surface area is 244 Å². The predicted octanol–water partition coefficient (Wildman–Crippen LogP) is 9.12. The standard InChI is InChI=1S/C35H41ClO4/c1-34(2,3)39-32(37)24-25-33(38)40-35(28-16-10-7-11-17-28,30-18-12-13-19-31(30)36)29-22-20-27(21-23-29)26-14-8-5-4-6-9-15-26/h7,10-13,16-23,26H,4-6,8-9,14-15,24-25H2,1-3H3. The number of esters is 2. The number of rotatable bonds is 8. The highest BCUT2D eigenvalue weighted by Gasteiger charge is 2.42. The third kappa shape index (κ3) is 7.54. The van der Waals surface area contributed by atoms with E-state index in [0.29, 0.717) is 16.5 Å². The molecule has 0 aliphatic heterocycles. The second kappa shape index (κ2) is 13.5. The minimum absolute atomic E-state index is 0.0654. The van der Waals surface area contributed by atoms with Crippen LogP contribution in [0.2, 0.25) is 5.02 Å². The van der Waals surface area contributed by atoms with Crippen molar-refractivity contribution in [1.82, 2.24) is 0 Å². The smallest absolute Gasteiger partial charge is 0.307 e. The summed E-state index contributed by atoms with van der Waals surface area (Å²) in [5, 5.41) is 0.496. The Hall–Kier alpha value is -3.11. The molecule has 1 aliphatic carbocycles. The Kier molecular flexibility index (Phi) is 10.1. The van der Waals surface area contributed by atoms with Crippen molar-refractivity contribution in [2.75, 3.05) is 0 Å². The van der Waals surface area contributed by atoms with E-state index in [1.54, 1.807) is 20.8 Å². The highest BCUT2D eigenvalue weighted by molar-refractivity contribution is 6.31. The van der Waals surface area contributed by atoms with E-state index < -0.39 is 23.1 Å². The van der Waals surface area contributed by atoms with Gasteiger partial charge >= 0.3 is 11.9 Å². The third-order valence-corrected chi connectivity index (χ3v) is 7.88. The lowest BCUT2D eigenvalue weighted by molar-refractivity contribution is -0.161. The summed E-state index contributed by atoms with van der Waals surface area (Å²) in [6.07, 6.45) is 8.70. The lowest BCUT2D eigenvalue weighted by Gasteiger charge is -2.36. The molecule has 1 saturated carbocycles. The van der Waals surface area contributed by atoms with Crippen molar-refractivity contribution in [3.63, 3.8) is 0 Å². The molecule has 1 aliphatic rings. The molecule has 5 heteroatoms. The zero-order valence-corrected chi connectivity index (χ0v) is 24.7. The monoisotopic (exact) mass is 560 g/mol. The molecule has 4 rings (SSSR count). The highest BCUT2D eigenvalue weighted by Crippen LogP contribution is 2.44. The molecular formula is C35H41ClO4. The molecule has 0 heterocycles. The highest BCUT2D eigenvalue weighted by atomic mass is 35.5. The number of carbonyl (C=O) groups is 2. The molecule has 4 nitrogen and oxygen atoms in total. The van der Waals surface area contributed by atoms with Gasteiger partial charge in [-0.05, 0) is 51.2 Å². The van der Waals surface area contributed by atoms with Gasteiger partial charge in [-0.2, -0.15) is 0 Å². The summed E-state index contributed by atoms with van der Waals surface area (Å²) in [6.45, 7) is 5.42. The van der Waals surface area contributed by atoms with Crippen LogP contribution in [0.15, 0.2) is 78.9 Å². The number of hydrogen-bond acceptors (Lipinski definition) is 4. The van der Waals surface area contributed by atoms with Crippen LogP contribution in [0.25, 0.3) is 0 Å². The average molecular weight is 561 g/mol. The Morgan fingerprint density at radius 3 is 1.82 bits per heavy atom. The van der Waals surface area contributed by atoms with Crippen LogP contribution in [0.3, 0.4) is 0 Å². The van der Waals surface area contributed by atoms with E-state index in [4.69, 9.17) is 21.1 Å². The summed E-state index contributed by atoms with van der Waals surface area (Å²) < 4.78 is 11.9. The second-order valence-corrected chi connectivity index (χ2v) is 12.2. The zero-order chi connectivity index (χ0) is 28.6. The fourth-order valence-corrected chi connectivity index (χ4v) is 5.94. The maximum absolute atomic E-state index is 13.5. The molecule has 0 radical (unpaired) electrons. The number of hydrogen-bond donors (Lipinski definition) is 0. The molecule has 0 N–H and O–H groups in total. The SMILES string of the molecule is CC(C)(C)OC(=O)CCC(=O)OC(c1ccccc1)(c1ccc(C2CCCCCCC2)cc1)c1ccccc1Cl. The first kappa shape index (κ1) is 29.9. The first-order valence-electron chi connectivity index (χ1n) is 14.5. The summed E-state index contributed by atoms with van der Waals surface area (Å²) in [4.78, 5) is 25.8. The molecule has 1 fully saturated rings. The molecule has 0 aromatic heterocycles. The van der Waals surface area contributed by atoms with Crippen LogP contribution in [-0.2, 0) is 24.7 Å². The van der Waals surface area contributed by atoms with Crippen LogP contribution >= 0.6 is 11.6 Å². The van der Waals surface area contributed by atoms with Gasteiger partial charge in [0, 0.05) is 21.7 Å². The number of halogens is 1. The van der Waals surface area contributed by atoms with Gasteiger partial charge in [-0.3, -0.25) is 9.59 Å². The Bertz CT molecular complexity index is 1250. The minimum atomic E-state index is -1.29. The minimum Gasteiger partial charge on any atom is -0.460 e. The summed E-state index contributed by atoms with van der Waals surface area (Å²) in [5.74, 6) is -0.396. The molecule has 212 valence electrons. The van der Waals surface area contributed by atoms with Crippen molar-refractivity contribution in [3.8, 4) is 0 Å². The zero-order valence-electron chi connectivity index (χ0n) is 24.0. The third-order valence-electron chi connectivity index (χ3n) is 7.55. The van der Waals surface area contributed by atoms with Crippen LogP contribution in [0.1, 0.15) is 107 Å². The summed E-state index contributed by atoms with van der Waals surface area (Å²) >= 11 is 6.81. The topological polar surface area (TPSA) is 52.6 Å². The lowest BCUT2D eigenvalue weighted by Crippen LogP contribution is -2.36. The average Bonchev–Trinajstić information content (AvgIpc) is 2.91. The first-order valence-corrected chi connectivity index (χ1v) is 14.9. The molecule has 0 spiro atoms. The summed E-state index contributed by atoms with van der Waals surface area (Å²) in [6, 6.07) is 25.7. The molecule has 1 atom stereocenters. The van der Waals surface area contributed by atoms with Gasteiger partial charge in [-0.15, -0.1) is 0 Å². The molecule has 3 aromatic carbocycles. The fraction of sp³-hybridized carbons (Fsp3) is 0.429. The van der Waals surface area contributed by atoms with Gasteiger partial charge in [0.2, 0.25) is 0 Å². The van der Waals surface area contributed by atoms with Gasteiger partial charge in [-0.1, -0.05) is 117 Å². The van der Waals surface area contributed by atoms with Crippen molar-refractivity contribution in [2.24, 2.45) is 0 Å². The fourth-order valence-electron chi connectivity index (χ4n) is 5.67. The Balaban J connectivity index is 1.73. The molecule has 0 amide bonds. The van der Waals surface area contributed by atoms with Gasteiger partial charge in [0.15, 0.2) is 5.60 Å². The number of benzene rings is 3. The molecule has 1 unspecified atom stereocenters. The van der Waals surface area contributed by atoms with Gasteiger partial charge in [0.1, 0.15) is 5.60 Å². The van der Waals surface area contributed by atoms with Gasteiger partial charge in [-0.25, -0.2) is 0 Å². The van der Waals surface area contributed by atoms with Crippen molar-refractivity contribution in [1.29, 1.82) is 0 Å². The van der Waals surface area contributed by atoms with Crippen LogP contribution in [-0.4, -0.2) is 17.5 Å². The number of carbonyl (C=O) groups excluding carboxylic acids is 2. The number of ether oxygens (including phenoxy) is 2. The van der Waals surface area contributed by atoms with Gasteiger partial charge in [0.05, 0.1) is 12.8 Å². The molecule has 40 heavy (non-hydrogen) atoms. The van der Waals surface area contributed by atoms with Crippen molar-refractivity contribution < 1.29 is 19.1 Å². The molecular weight excluding hydrogens is 520 g/mol. The normalized spacial score (nSPS) is 16.3. The largest absolute Gasteiger partial charge is 0.460 e. The van der Waals surface area contributed by atoms with E-state index in [0.717, 1.165) is 11.1 Å². The van der Waals surface area contributed by atoms with Crippen LogP contribution in [0.5, 0.6) is 0 Å². The van der Waals surface area contributed by atoms with E-state index >= 15 is 0 Å². The van der Waals surface area contributed by atoms with Gasteiger partial charge in [0.25, 0.3) is 0 Å². The Morgan fingerprint density at radius 1 is 0.700 bits per heavy atom. The summed E-state index contributed by atoms with van der Waals surface area (Å²) in [7, 11) is 0. The second-order valence-electron chi connectivity index (χ2n) is 11.8. The Morgan fingerprint density at radius 2 is 1.23 bits per heavy atom. The maximum Gasteiger partial charge on any atom is 0.307 e. The van der Waals surface area contributed by atoms with Gasteiger partial charge < -0.3 is 9.47 Å². The van der Waals surface area contributed by atoms with Crippen LogP contribution in [0, 0.1) is 0 Å². The van der Waals surface area contributed by atoms with E-state index in [1.807, 2.05) is 54.6 Å². The molecule has 3 aromatic rings. The van der Waals surface area contributed by atoms with Crippen molar-refractivity contribution in [3.05, 3.63) is 106 Å². The van der Waals surface area contributed by atoms with E-state index in [2.05, 4.69) is 24.3 Å². The van der Waals surface area contributed by atoms with E-state index in [1.165, 1.54) is 50.5 Å². The van der Waals surface area contributed by atoms with Crippen molar-refractivity contribution in [2.45, 2.75) is 95.7 Å². The van der Waals surface area contributed by atoms with Crippen LogP contribution < -0.4 is 0 Å². The maximum atomic E-state index is 13.5. The lowest BCUT2D eigenvalue weighted by atomic mass is 9.78. The van der Waals surface area contributed by atoms with E-state index in [9.17, 15) is 9.59 Å². The van der Waals surface area contributed by atoms with E-state index in [-0.39, 0.29) is 12.8 Å². The van der Waals surface area contributed by atoms with Crippen LogP contribution in [0.4, 0.5) is 0 Å². The predicted molar refractivity (Wildman–Crippen MR) is 160 cm³/mol. The molecule has 0 saturated heterocycles. The molecule has 0 bridgehead atoms. The summed E-state index contributed by atoms with van der Waals surface area (Å²) in [5.41, 5.74) is 1.68. The van der Waals surface area contributed by atoms with Crippen molar-refractivity contribution >= 4 is 23.5 Å².